The summed E-state index contributed by atoms with van der Waals surface area (Å²) in [4.78, 5) is 12.3. The first kappa shape index (κ1) is 19.4. The van der Waals surface area contributed by atoms with Crippen molar-refractivity contribution in [3.63, 3.8) is 0 Å². The van der Waals surface area contributed by atoms with Gasteiger partial charge in [0.1, 0.15) is 0 Å². The van der Waals surface area contributed by atoms with E-state index in [1.807, 2.05) is 0 Å². The van der Waals surface area contributed by atoms with Crippen molar-refractivity contribution in [3.8, 4) is 0 Å². The van der Waals surface area contributed by atoms with Gasteiger partial charge < -0.3 is 14.5 Å². The molecule has 1 N–H and O–H groups in total. The number of hydrogen-bond acceptors (Lipinski definition) is 8. The SMILES string of the molecule is O=C(CSc1nnc(C2CC2)o1)Nc1ccc(S(=O)(=O)N2CCOCC2)cc1. The van der Waals surface area contributed by atoms with Gasteiger partial charge in [0.25, 0.3) is 5.22 Å². The van der Waals surface area contributed by atoms with Gasteiger partial charge in [-0.15, -0.1) is 10.2 Å². The molecular formula is C17H20N4O5S2. The van der Waals surface area contributed by atoms with E-state index in [4.69, 9.17) is 9.15 Å². The van der Waals surface area contributed by atoms with E-state index in [9.17, 15) is 13.2 Å². The Balaban J connectivity index is 1.31. The molecule has 2 heterocycles. The Labute approximate surface area is 166 Å². The van der Waals surface area contributed by atoms with Gasteiger partial charge in [0.15, 0.2) is 0 Å². The fourth-order valence-electron chi connectivity index (χ4n) is 2.74. The number of ether oxygens (including phenoxy) is 1. The summed E-state index contributed by atoms with van der Waals surface area (Å²) in [7, 11) is -3.54. The standard InChI is InChI=1S/C17H20N4O5S2/c22-15(11-27-17-20-19-16(26-17)12-1-2-12)18-13-3-5-14(6-4-13)28(23,24)21-7-9-25-10-8-21/h3-6,12H,1-2,7-11H2,(H,18,22). The fraction of sp³-hybridized carbons (Fsp3) is 0.471. The third-order valence-electron chi connectivity index (χ3n) is 4.42. The van der Waals surface area contributed by atoms with Crippen LogP contribution in [-0.4, -0.2) is 60.9 Å². The molecule has 28 heavy (non-hydrogen) atoms. The van der Waals surface area contributed by atoms with Crippen molar-refractivity contribution in [1.29, 1.82) is 0 Å². The summed E-state index contributed by atoms with van der Waals surface area (Å²) in [6, 6.07) is 6.14. The Morgan fingerprint density at radius 2 is 1.89 bits per heavy atom. The lowest BCUT2D eigenvalue weighted by Crippen LogP contribution is -2.40. The Morgan fingerprint density at radius 3 is 2.57 bits per heavy atom. The first-order chi connectivity index (χ1) is 13.5. The van der Waals surface area contributed by atoms with Gasteiger partial charge >= 0.3 is 0 Å². The van der Waals surface area contributed by atoms with Crippen LogP contribution >= 0.6 is 11.8 Å². The molecule has 2 aliphatic rings. The number of morpholine rings is 1. The van der Waals surface area contributed by atoms with Crippen molar-refractivity contribution in [2.75, 3.05) is 37.4 Å². The zero-order valence-corrected chi connectivity index (χ0v) is 16.7. The van der Waals surface area contributed by atoms with E-state index < -0.39 is 10.0 Å². The molecule has 150 valence electrons. The number of anilines is 1. The number of aromatic nitrogens is 2. The number of nitrogens with zero attached hydrogens (tertiary/aromatic N) is 3. The van der Waals surface area contributed by atoms with E-state index in [0.29, 0.717) is 49.0 Å². The largest absolute Gasteiger partial charge is 0.416 e. The Kier molecular flexibility index (Phi) is 5.67. The molecule has 1 aliphatic carbocycles. The predicted octanol–water partition coefficient (Wildman–Crippen LogP) is 1.70. The van der Waals surface area contributed by atoms with Gasteiger partial charge in [0.05, 0.1) is 23.9 Å². The van der Waals surface area contributed by atoms with Crippen molar-refractivity contribution in [2.45, 2.75) is 28.9 Å². The average Bonchev–Trinajstić information content (AvgIpc) is 3.45. The minimum Gasteiger partial charge on any atom is -0.416 e. The molecule has 0 unspecified atom stereocenters. The number of thioether (sulfide) groups is 1. The molecule has 1 aromatic heterocycles. The normalized spacial score (nSPS) is 18.1. The number of sulfonamides is 1. The van der Waals surface area contributed by atoms with Crippen LogP contribution in [0.15, 0.2) is 38.8 Å². The second-order valence-corrected chi connectivity index (χ2v) is 9.42. The van der Waals surface area contributed by atoms with E-state index >= 15 is 0 Å². The van der Waals surface area contributed by atoms with Crippen LogP contribution in [0.4, 0.5) is 5.69 Å². The summed E-state index contributed by atoms with van der Waals surface area (Å²) >= 11 is 1.17. The summed E-state index contributed by atoms with van der Waals surface area (Å²) in [6.07, 6.45) is 2.15. The van der Waals surface area contributed by atoms with Crippen LogP contribution in [0.2, 0.25) is 0 Å². The second-order valence-electron chi connectivity index (χ2n) is 6.56. The van der Waals surface area contributed by atoms with Crippen LogP contribution in [0.25, 0.3) is 0 Å². The number of rotatable bonds is 7. The minimum absolute atomic E-state index is 0.125. The van der Waals surface area contributed by atoms with Gasteiger partial charge in [-0.05, 0) is 37.1 Å². The van der Waals surface area contributed by atoms with Gasteiger partial charge in [-0.1, -0.05) is 11.8 Å². The lowest BCUT2D eigenvalue weighted by atomic mass is 10.3. The number of benzene rings is 1. The van der Waals surface area contributed by atoms with Crippen LogP contribution in [0.5, 0.6) is 0 Å². The minimum atomic E-state index is -3.54. The Bertz CT molecular complexity index is 935. The summed E-state index contributed by atoms with van der Waals surface area (Å²) in [5.41, 5.74) is 0.524. The number of carbonyl (C=O) groups is 1. The third kappa shape index (κ3) is 4.54. The zero-order valence-electron chi connectivity index (χ0n) is 15.0. The number of nitrogens with one attached hydrogen (secondary N) is 1. The molecule has 2 aromatic rings. The van der Waals surface area contributed by atoms with Crippen LogP contribution in [0.3, 0.4) is 0 Å². The highest BCUT2D eigenvalue weighted by atomic mass is 32.2. The molecule has 2 fully saturated rings. The van der Waals surface area contributed by atoms with E-state index in [-0.39, 0.29) is 16.6 Å². The molecule has 0 radical (unpaired) electrons. The maximum absolute atomic E-state index is 12.6. The molecule has 0 atom stereocenters. The molecule has 1 amide bonds. The topological polar surface area (TPSA) is 115 Å². The average molecular weight is 425 g/mol. The van der Waals surface area contributed by atoms with Gasteiger partial charge in [0, 0.05) is 24.7 Å². The van der Waals surface area contributed by atoms with E-state index in [1.165, 1.54) is 28.2 Å². The van der Waals surface area contributed by atoms with Crippen LogP contribution in [0.1, 0.15) is 24.7 Å². The van der Waals surface area contributed by atoms with E-state index in [0.717, 1.165) is 12.8 Å². The number of amides is 1. The smallest absolute Gasteiger partial charge is 0.277 e. The Morgan fingerprint density at radius 1 is 1.18 bits per heavy atom. The second kappa shape index (κ2) is 8.19. The summed E-state index contributed by atoms with van der Waals surface area (Å²) in [5.74, 6) is 0.906. The number of carbonyl (C=O) groups excluding carboxylic acids is 1. The van der Waals surface area contributed by atoms with Crippen molar-refractivity contribution >= 4 is 33.4 Å². The maximum Gasteiger partial charge on any atom is 0.277 e. The molecule has 1 aliphatic heterocycles. The summed E-state index contributed by atoms with van der Waals surface area (Å²) in [5, 5.41) is 11.0. The van der Waals surface area contributed by atoms with Crippen molar-refractivity contribution < 1.29 is 22.4 Å². The molecule has 1 aromatic carbocycles. The van der Waals surface area contributed by atoms with Crippen LogP contribution in [-0.2, 0) is 19.6 Å². The molecule has 1 saturated heterocycles. The highest BCUT2D eigenvalue weighted by Gasteiger charge is 2.29. The molecule has 4 rings (SSSR count). The van der Waals surface area contributed by atoms with E-state index in [1.54, 1.807) is 12.1 Å². The molecule has 11 heteroatoms. The monoisotopic (exact) mass is 424 g/mol. The predicted molar refractivity (Wildman–Crippen MR) is 102 cm³/mol. The van der Waals surface area contributed by atoms with E-state index in [2.05, 4.69) is 15.5 Å². The van der Waals surface area contributed by atoms with Gasteiger partial charge in [-0.3, -0.25) is 4.79 Å². The third-order valence-corrected chi connectivity index (χ3v) is 7.15. The van der Waals surface area contributed by atoms with Crippen molar-refractivity contribution in [1.82, 2.24) is 14.5 Å². The maximum atomic E-state index is 12.6. The first-order valence-corrected chi connectivity index (χ1v) is 11.4. The lowest BCUT2D eigenvalue weighted by Gasteiger charge is -2.26. The lowest BCUT2D eigenvalue weighted by molar-refractivity contribution is -0.113. The molecule has 0 bridgehead atoms. The highest BCUT2D eigenvalue weighted by molar-refractivity contribution is 7.99. The molecule has 9 nitrogen and oxygen atoms in total. The molecular weight excluding hydrogens is 404 g/mol. The fourth-order valence-corrected chi connectivity index (χ4v) is 4.72. The summed E-state index contributed by atoms with van der Waals surface area (Å²) < 4.78 is 37.3. The quantitative estimate of drug-likeness (QED) is 0.668. The molecule has 1 saturated carbocycles. The van der Waals surface area contributed by atoms with Crippen LogP contribution in [0, 0.1) is 0 Å². The van der Waals surface area contributed by atoms with Crippen molar-refractivity contribution in [2.24, 2.45) is 0 Å². The van der Waals surface area contributed by atoms with Gasteiger partial charge in [-0.25, -0.2) is 8.42 Å². The van der Waals surface area contributed by atoms with Crippen LogP contribution < -0.4 is 5.32 Å². The Hall–Kier alpha value is -1.95. The number of hydrogen-bond donors (Lipinski definition) is 1. The zero-order chi connectivity index (χ0) is 19.6. The first-order valence-electron chi connectivity index (χ1n) is 8.96. The highest BCUT2D eigenvalue weighted by Crippen LogP contribution is 2.39. The summed E-state index contributed by atoms with van der Waals surface area (Å²) in [6.45, 7) is 1.48. The van der Waals surface area contributed by atoms with Gasteiger partial charge in [-0.2, -0.15) is 4.31 Å². The molecule has 0 spiro atoms. The van der Waals surface area contributed by atoms with Crippen molar-refractivity contribution in [3.05, 3.63) is 30.2 Å². The van der Waals surface area contributed by atoms with Gasteiger partial charge in [0.2, 0.25) is 21.8 Å².